The number of hydrogen-bond donors (Lipinski definition) is 2. The van der Waals surface area contributed by atoms with Gasteiger partial charge in [-0.25, -0.2) is 4.79 Å². The topological polar surface area (TPSA) is 75.6 Å². The first-order chi connectivity index (χ1) is 12.5. The highest BCUT2D eigenvalue weighted by Gasteiger charge is 2.26. The van der Waals surface area contributed by atoms with Crippen molar-refractivity contribution in [2.45, 2.75) is 38.3 Å². The van der Waals surface area contributed by atoms with Crippen molar-refractivity contribution in [3.05, 3.63) is 63.6 Å². The number of nitrogens with one attached hydrogen (secondary N) is 1. The number of benzene rings is 2. The predicted octanol–water partition coefficient (Wildman–Crippen LogP) is 3.89. The summed E-state index contributed by atoms with van der Waals surface area (Å²) in [6.07, 6.45) is 1.91. The third-order valence-corrected chi connectivity index (χ3v) is 5.01. The van der Waals surface area contributed by atoms with E-state index in [1.807, 2.05) is 18.2 Å². The normalized spacial score (nSPS) is 17.1. The standard InChI is InChI=1S/C20H20BrNO4/c1-12(26-20(25)16-11-14(21)9-10-18(16)23)19(24)22-17-8-4-6-13-5-2-3-7-15(13)17/h2-3,5,7,9-12,17,23H,4,6,8H2,1H3,(H,22,24)/t12-,17+/m1/s1. The lowest BCUT2D eigenvalue weighted by Gasteiger charge is -2.27. The number of rotatable bonds is 4. The Balaban J connectivity index is 1.65. The van der Waals surface area contributed by atoms with Crippen molar-refractivity contribution in [1.29, 1.82) is 0 Å². The number of fused-ring (bicyclic) bond motifs is 1. The van der Waals surface area contributed by atoms with Gasteiger partial charge >= 0.3 is 5.97 Å². The lowest BCUT2D eigenvalue weighted by Crippen LogP contribution is -2.39. The van der Waals surface area contributed by atoms with Crippen LogP contribution in [-0.2, 0) is 16.0 Å². The molecule has 2 atom stereocenters. The smallest absolute Gasteiger partial charge is 0.342 e. The monoisotopic (exact) mass is 417 g/mol. The van der Waals surface area contributed by atoms with E-state index in [4.69, 9.17) is 4.74 Å². The van der Waals surface area contributed by atoms with E-state index in [9.17, 15) is 14.7 Å². The molecule has 1 amide bonds. The number of amides is 1. The van der Waals surface area contributed by atoms with Gasteiger partial charge < -0.3 is 15.2 Å². The fourth-order valence-electron chi connectivity index (χ4n) is 3.14. The van der Waals surface area contributed by atoms with E-state index >= 15 is 0 Å². The Labute approximate surface area is 160 Å². The van der Waals surface area contributed by atoms with Gasteiger partial charge in [0.15, 0.2) is 6.10 Å². The van der Waals surface area contributed by atoms with Crippen LogP contribution in [0.5, 0.6) is 5.75 Å². The second-order valence-corrected chi connectivity index (χ2v) is 7.28. The zero-order valence-corrected chi connectivity index (χ0v) is 16.0. The number of hydrogen-bond acceptors (Lipinski definition) is 4. The van der Waals surface area contributed by atoms with Crippen LogP contribution in [0.4, 0.5) is 0 Å². The molecule has 1 aliphatic carbocycles. The van der Waals surface area contributed by atoms with Crippen LogP contribution in [0.3, 0.4) is 0 Å². The van der Waals surface area contributed by atoms with Gasteiger partial charge in [0.1, 0.15) is 11.3 Å². The van der Waals surface area contributed by atoms with Gasteiger partial charge in [0.2, 0.25) is 0 Å². The number of aromatic hydroxyl groups is 1. The predicted molar refractivity (Wildman–Crippen MR) is 101 cm³/mol. The minimum atomic E-state index is -0.963. The third-order valence-electron chi connectivity index (χ3n) is 4.52. The van der Waals surface area contributed by atoms with Crippen molar-refractivity contribution in [1.82, 2.24) is 5.32 Å². The van der Waals surface area contributed by atoms with Gasteiger partial charge in [0.25, 0.3) is 5.91 Å². The molecule has 0 spiro atoms. The molecular formula is C20H20BrNO4. The summed E-state index contributed by atoms with van der Waals surface area (Å²) < 4.78 is 5.87. The van der Waals surface area contributed by atoms with Gasteiger partial charge in [-0.05, 0) is 55.5 Å². The second kappa shape index (κ2) is 7.91. The van der Waals surface area contributed by atoms with Crippen LogP contribution in [0.1, 0.15) is 47.3 Å². The van der Waals surface area contributed by atoms with Crippen molar-refractivity contribution in [2.75, 3.05) is 0 Å². The molecule has 0 heterocycles. The van der Waals surface area contributed by atoms with E-state index in [1.54, 1.807) is 6.07 Å². The molecule has 0 aromatic heterocycles. The van der Waals surface area contributed by atoms with Gasteiger partial charge in [-0.3, -0.25) is 4.79 Å². The largest absolute Gasteiger partial charge is 0.507 e. The van der Waals surface area contributed by atoms with Crippen LogP contribution in [0.2, 0.25) is 0 Å². The molecular weight excluding hydrogens is 398 g/mol. The Morgan fingerprint density at radius 3 is 2.85 bits per heavy atom. The lowest BCUT2D eigenvalue weighted by atomic mass is 9.87. The zero-order chi connectivity index (χ0) is 18.7. The highest BCUT2D eigenvalue weighted by atomic mass is 79.9. The van der Waals surface area contributed by atoms with Gasteiger partial charge in [-0.1, -0.05) is 40.2 Å². The number of esters is 1. The average Bonchev–Trinajstić information content (AvgIpc) is 2.63. The SMILES string of the molecule is C[C@@H](OC(=O)c1cc(Br)ccc1O)C(=O)N[C@H]1CCCc2ccccc21. The van der Waals surface area contributed by atoms with Crippen LogP contribution in [-0.4, -0.2) is 23.1 Å². The van der Waals surface area contributed by atoms with Crippen molar-refractivity contribution in [3.63, 3.8) is 0 Å². The number of halogens is 1. The van der Waals surface area contributed by atoms with E-state index in [-0.39, 0.29) is 23.3 Å². The van der Waals surface area contributed by atoms with E-state index in [2.05, 4.69) is 27.3 Å². The van der Waals surface area contributed by atoms with E-state index < -0.39 is 12.1 Å². The number of phenols is 1. The minimum Gasteiger partial charge on any atom is -0.507 e. The molecule has 0 saturated heterocycles. The number of carbonyl (C=O) groups is 2. The maximum Gasteiger partial charge on any atom is 0.342 e. The van der Waals surface area contributed by atoms with E-state index in [0.29, 0.717) is 4.47 Å². The molecule has 0 aliphatic heterocycles. The molecule has 0 fully saturated rings. The fourth-order valence-corrected chi connectivity index (χ4v) is 3.50. The summed E-state index contributed by atoms with van der Waals surface area (Å²) in [5.74, 6) is -1.28. The quantitative estimate of drug-likeness (QED) is 0.739. The Morgan fingerprint density at radius 2 is 2.04 bits per heavy atom. The Hall–Kier alpha value is -2.34. The summed E-state index contributed by atoms with van der Waals surface area (Å²) in [4.78, 5) is 24.7. The summed E-state index contributed by atoms with van der Waals surface area (Å²) in [5, 5.41) is 12.8. The number of aryl methyl sites for hydroxylation is 1. The molecule has 2 N–H and O–H groups in total. The number of ether oxygens (including phenoxy) is 1. The van der Waals surface area contributed by atoms with Crippen molar-refractivity contribution >= 4 is 27.8 Å². The molecule has 5 nitrogen and oxygen atoms in total. The zero-order valence-electron chi connectivity index (χ0n) is 14.4. The molecule has 0 bridgehead atoms. The summed E-state index contributed by atoms with van der Waals surface area (Å²) in [6, 6.07) is 12.4. The fraction of sp³-hybridized carbons (Fsp3) is 0.300. The first-order valence-corrected chi connectivity index (χ1v) is 9.32. The summed E-state index contributed by atoms with van der Waals surface area (Å²) in [7, 11) is 0. The molecule has 0 saturated carbocycles. The maximum absolute atomic E-state index is 12.5. The Kier molecular flexibility index (Phi) is 5.61. The number of carbonyl (C=O) groups excluding carboxylic acids is 2. The first kappa shape index (κ1) is 18.5. The molecule has 26 heavy (non-hydrogen) atoms. The maximum atomic E-state index is 12.5. The molecule has 6 heteroatoms. The molecule has 136 valence electrons. The van der Waals surface area contributed by atoms with Gasteiger partial charge in [0.05, 0.1) is 6.04 Å². The highest BCUT2D eigenvalue weighted by molar-refractivity contribution is 9.10. The highest BCUT2D eigenvalue weighted by Crippen LogP contribution is 2.29. The van der Waals surface area contributed by atoms with Crippen LogP contribution in [0, 0.1) is 0 Å². The molecule has 3 rings (SSSR count). The van der Waals surface area contributed by atoms with Gasteiger partial charge in [-0.2, -0.15) is 0 Å². The van der Waals surface area contributed by atoms with E-state index in [0.717, 1.165) is 24.8 Å². The molecule has 0 radical (unpaired) electrons. The van der Waals surface area contributed by atoms with Crippen LogP contribution in [0.15, 0.2) is 46.9 Å². The second-order valence-electron chi connectivity index (χ2n) is 6.36. The minimum absolute atomic E-state index is 0.0158. The van der Waals surface area contributed by atoms with Gasteiger partial charge in [0, 0.05) is 4.47 Å². The molecule has 0 unspecified atom stereocenters. The summed E-state index contributed by atoms with van der Waals surface area (Å²) in [5.41, 5.74) is 2.38. The van der Waals surface area contributed by atoms with Crippen LogP contribution < -0.4 is 5.32 Å². The van der Waals surface area contributed by atoms with E-state index in [1.165, 1.54) is 24.6 Å². The van der Waals surface area contributed by atoms with Crippen molar-refractivity contribution in [2.24, 2.45) is 0 Å². The van der Waals surface area contributed by atoms with Crippen LogP contribution in [0.25, 0.3) is 0 Å². The van der Waals surface area contributed by atoms with Gasteiger partial charge in [-0.15, -0.1) is 0 Å². The van der Waals surface area contributed by atoms with Crippen LogP contribution >= 0.6 is 15.9 Å². The lowest BCUT2D eigenvalue weighted by molar-refractivity contribution is -0.130. The number of phenolic OH excluding ortho intramolecular Hbond substituents is 1. The average molecular weight is 418 g/mol. The summed E-state index contributed by atoms with van der Waals surface area (Å²) >= 11 is 3.24. The third kappa shape index (κ3) is 4.07. The Bertz CT molecular complexity index is 836. The molecule has 2 aromatic carbocycles. The van der Waals surface area contributed by atoms with Crippen molar-refractivity contribution < 1.29 is 19.4 Å². The first-order valence-electron chi connectivity index (χ1n) is 8.53. The molecule has 2 aromatic rings. The Morgan fingerprint density at radius 1 is 1.27 bits per heavy atom. The van der Waals surface area contributed by atoms with Crippen molar-refractivity contribution in [3.8, 4) is 5.75 Å². The molecule has 1 aliphatic rings. The summed E-state index contributed by atoms with van der Waals surface area (Å²) in [6.45, 7) is 1.52.